The van der Waals surface area contributed by atoms with Gasteiger partial charge in [-0.1, -0.05) is 17.3 Å². The molecule has 0 bridgehead atoms. The Kier molecular flexibility index (Phi) is 3.50. The molecular formula is C17H18N6O. The van der Waals surface area contributed by atoms with Crippen LogP contribution < -0.4 is 5.73 Å². The lowest BCUT2D eigenvalue weighted by molar-refractivity contribution is 0.0784. The van der Waals surface area contributed by atoms with Gasteiger partial charge in [0.05, 0.1) is 11.4 Å². The Balaban J connectivity index is 1.75. The molecule has 0 radical (unpaired) electrons. The number of carbonyl (C=O) groups excluding carboxylic acids is 1. The van der Waals surface area contributed by atoms with Gasteiger partial charge in [-0.3, -0.25) is 9.78 Å². The lowest BCUT2D eigenvalue weighted by Gasteiger charge is -2.14. The summed E-state index contributed by atoms with van der Waals surface area (Å²) < 4.78 is 1.71. The molecule has 1 amide bonds. The molecule has 1 aliphatic rings. The fourth-order valence-electron chi connectivity index (χ4n) is 3.17. The second-order valence-corrected chi connectivity index (χ2v) is 6.11. The first-order valence-corrected chi connectivity index (χ1v) is 7.95. The van der Waals surface area contributed by atoms with Crippen molar-refractivity contribution in [3.05, 3.63) is 48.0 Å². The first kappa shape index (κ1) is 14.8. The quantitative estimate of drug-likeness (QED) is 0.768. The molecule has 7 heteroatoms. The zero-order chi connectivity index (χ0) is 16.7. The predicted octanol–water partition coefficient (Wildman–Crippen LogP) is 1.30. The monoisotopic (exact) mass is 322 g/mol. The number of hydrogen-bond acceptors (Lipinski definition) is 5. The molecule has 24 heavy (non-hydrogen) atoms. The number of rotatable bonds is 2. The number of hydrogen-bond donors (Lipinski definition) is 1. The second-order valence-electron chi connectivity index (χ2n) is 6.11. The molecule has 0 aliphatic carbocycles. The summed E-state index contributed by atoms with van der Waals surface area (Å²) in [7, 11) is 0. The van der Waals surface area contributed by atoms with Crippen LogP contribution in [0.2, 0.25) is 0 Å². The molecule has 122 valence electrons. The Morgan fingerprint density at radius 1 is 1.33 bits per heavy atom. The average Bonchev–Trinajstić information content (AvgIpc) is 3.20. The van der Waals surface area contributed by atoms with Crippen LogP contribution >= 0.6 is 0 Å². The Morgan fingerprint density at radius 2 is 2.21 bits per heavy atom. The van der Waals surface area contributed by atoms with E-state index in [9.17, 15) is 4.79 Å². The van der Waals surface area contributed by atoms with Crippen LogP contribution in [-0.4, -0.2) is 49.9 Å². The molecule has 4 rings (SSSR count). The Labute approximate surface area is 139 Å². The van der Waals surface area contributed by atoms with Crippen molar-refractivity contribution >= 4 is 16.7 Å². The number of nitrogens with two attached hydrogens (primary N) is 1. The van der Waals surface area contributed by atoms with Crippen LogP contribution in [0.5, 0.6) is 0 Å². The Bertz CT molecular complexity index is 913. The van der Waals surface area contributed by atoms with Gasteiger partial charge in [-0.15, -0.1) is 5.10 Å². The van der Waals surface area contributed by atoms with Crippen molar-refractivity contribution in [1.82, 2.24) is 24.9 Å². The number of benzene rings is 1. The van der Waals surface area contributed by atoms with Crippen molar-refractivity contribution in [3.63, 3.8) is 0 Å². The van der Waals surface area contributed by atoms with Crippen LogP contribution in [0.25, 0.3) is 16.5 Å². The zero-order valence-corrected chi connectivity index (χ0v) is 13.4. The minimum absolute atomic E-state index is 0.0508. The van der Waals surface area contributed by atoms with E-state index < -0.39 is 0 Å². The first-order valence-electron chi connectivity index (χ1n) is 7.95. The third-order valence-corrected chi connectivity index (χ3v) is 4.49. The SMILES string of the molecule is Cc1c(C(=O)N2CC[C@@H](N)C2)nnn1-c1cccc2cnccc12. The van der Waals surface area contributed by atoms with Gasteiger partial charge in [-0.2, -0.15) is 0 Å². The molecule has 3 heterocycles. The van der Waals surface area contributed by atoms with Crippen LogP contribution in [-0.2, 0) is 0 Å². The number of fused-ring (bicyclic) bond motifs is 1. The summed E-state index contributed by atoms with van der Waals surface area (Å²) in [5, 5.41) is 10.4. The zero-order valence-electron chi connectivity index (χ0n) is 13.4. The predicted molar refractivity (Wildman–Crippen MR) is 89.9 cm³/mol. The van der Waals surface area contributed by atoms with E-state index >= 15 is 0 Å². The number of aromatic nitrogens is 4. The highest BCUT2D eigenvalue weighted by Crippen LogP contribution is 2.23. The van der Waals surface area contributed by atoms with Crippen molar-refractivity contribution in [2.75, 3.05) is 13.1 Å². The van der Waals surface area contributed by atoms with E-state index in [-0.39, 0.29) is 11.9 Å². The van der Waals surface area contributed by atoms with Crippen molar-refractivity contribution in [3.8, 4) is 5.69 Å². The third-order valence-electron chi connectivity index (χ3n) is 4.49. The summed E-state index contributed by atoms with van der Waals surface area (Å²) in [4.78, 5) is 18.6. The van der Waals surface area contributed by atoms with E-state index in [1.807, 2.05) is 37.4 Å². The molecule has 0 saturated carbocycles. The van der Waals surface area contributed by atoms with E-state index in [0.717, 1.165) is 28.6 Å². The number of amides is 1. The first-order chi connectivity index (χ1) is 11.6. The highest BCUT2D eigenvalue weighted by molar-refractivity contribution is 5.94. The Morgan fingerprint density at radius 3 is 3.00 bits per heavy atom. The molecule has 1 aromatic carbocycles. The maximum atomic E-state index is 12.7. The van der Waals surface area contributed by atoms with Crippen LogP contribution in [0.15, 0.2) is 36.7 Å². The van der Waals surface area contributed by atoms with Crippen LogP contribution in [0.4, 0.5) is 0 Å². The van der Waals surface area contributed by atoms with E-state index in [2.05, 4.69) is 15.3 Å². The van der Waals surface area contributed by atoms with Gasteiger partial charge in [-0.25, -0.2) is 4.68 Å². The fourth-order valence-corrected chi connectivity index (χ4v) is 3.17. The lowest BCUT2D eigenvalue weighted by atomic mass is 10.1. The topological polar surface area (TPSA) is 89.9 Å². The minimum Gasteiger partial charge on any atom is -0.336 e. The number of likely N-dealkylation sites (tertiary alicyclic amines) is 1. The van der Waals surface area contributed by atoms with E-state index in [1.165, 1.54) is 0 Å². The summed E-state index contributed by atoms with van der Waals surface area (Å²) in [6.07, 6.45) is 4.38. The van der Waals surface area contributed by atoms with Crippen LogP contribution in [0, 0.1) is 6.92 Å². The highest BCUT2D eigenvalue weighted by atomic mass is 16.2. The maximum absolute atomic E-state index is 12.7. The van der Waals surface area contributed by atoms with Gasteiger partial charge in [0.25, 0.3) is 5.91 Å². The normalized spacial score (nSPS) is 17.6. The summed E-state index contributed by atoms with van der Waals surface area (Å²) >= 11 is 0. The molecule has 7 nitrogen and oxygen atoms in total. The second kappa shape index (κ2) is 5.68. The lowest BCUT2D eigenvalue weighted by Crippen LogP contribution is -2.32. The largest absolute Gasteiger partial charge is 0.336 e. The van der Waals surface area contributed by atoms with Crippen LogP contribution in [0.3, 0.4) is 0 Å². The molecule has 3 aromatic rings. The summed E-state index contributed by atoms with van der Waals surface area (Å²) in [5.41, 5.74) is 7.89. The molecular weight excluding hydrogens is 304 g/mol. The maximum Gasteiger partial charge on any atom is 0.276 e. The third kappa shape index (κ3) is 2.33. The van der Waals surface area contributed by atoms with E-state index in [0.29, 0.717) is 18.8 Å². The van der Waals surface area contributed by atoms with Gasteiger partial charge in [0, 0.05) is 42.3 Å². The molecule has 1 aliphatic heterocycles. The summed E-state index contributed by atoms with van der Waals surface area (Å²) in [6, 6.07) is 7.89. The van der Waals surface area contributed by atoms with Gasteiger partial charge in [-0.05, 0) is 25.5 Å². The number of carbonyl (C=O) groups is 1. The summed E-state index contributed by atoms with van der Waals surface area (Å²) in [6.45, 7) is 3.11. The molecule has 1 fully saturated rings. The molecule has 0 unspecified atom stereocenters. The molecule has 1 saturated heterocycles. The van der Waals surface area contributed by atoms with Gasteiger partial charge >= 0.3 is 0 Å². The van der Waals surface area contributed by atoms with Gasteiger partial charge in [0.15, 0.2) is 5.69 Å². The van der Waals surface area contributed by atoms with Crippen molar-refractivity contribution in [1.29, 1.82) is 0 Å². The van der Waals surface area contributed by atoms with Gasteiger partial charge in [0.1, 0.15) is 0 Å². The standard InChI is InChI=1S/C17H18N6O/c1-11-16(17(24)22-8-6-13(18)10-22)20-21-23(11)15-4-2-3-12-9-19-7-5-14(12)15/h2-5,7,9,13H,6,8,10,18H2,1H3/t13-/m1/s1. The fraction of sp³-hybridized carbons (Fsp3) is 0.294. The van der Waals surface area contributed by atoms with E-state index in [4.69, 9.17) is 5.73 Å². The van der Waals surface area contributed by atoms with Gasteiger partial charge < -0.3 is 10.6 Å². The van der Waals surface area contributed by atoms with Crippen molar-refractivity contribution < 1.29 is 4.79 Å². The summed E-state index contributed by atoms with van der Waals surface area (Å²) in [5.74, 6) is -0.103. The minimum atomic E-state index is -0.103. The smallest absolute Gasteiger partial charge is 0.276 e. The van der Waals surface area contributed by atoms with Crippen molar-refractivity contribution in [2.24, 2.45) is 5.73 Å². The number of nitrogens with zero attached hydrogens (tertiary/aromatic N) is 5. The van der Waals surface area contributed by atoms with Crippen LogP contribution in [0.1, 0.15) is 22.6 Å². The molecule has 0 spiro atoms. The van der Waals surface area contributed by atoms with Gasteiger partial charge in [0.2, 0.25) is 0 Å². The van der Waals surface area contributed by atoms with E-state index in [1.54, 1.807) is 15.8 Å². The Hall–Kier alpha value is -2.80. The average molecular weight is 322 g/mol. The van der Waals surface area contributed by atoms with Crippen molar-refractivity contribution in [2.45, 2.75) is 19.4 Å². The molecule has 1 atom stereocenters. The molecule has 2 aromatic heterocycles. The highest BCUT2D eigenvalue weighted by Gasteiger charge is 2.28. The number of pyridine rings is 1. The molecule has 2 N–H and O–H groups in total.